The molecule has 0 saturated carbocycles. The number of hydrogen-bond acceptors (Lipinski definition) is 4. The van der Waals surface area contributed by atoms with E-state index in [1.54, 1.807) is 12.1 Å². The third-order valence-corrected chi connectivity index (χ3v) is 3.01. The lowest BCUT2D eigenvalue weighted by Gasteiger charge is -2.08. The van der Waals surface area contributed by atoms with Crippen molar-refractivity contribution in [3.8, 4) is 0 Å². The maximum Gasteiger partial charge on any atom is 0.274 e. The van der Waals surface area contributed by atoms with Gasteiger partial charge in [0.15, 0.2) is 0 Å². The van der Waals surface area contributed by atoms with E-state index in [2.05, 4.69) is 5.32 Å². The summed E-state index contributed by atoms with van der Waals surface area (Å²) in [5, 5.41) is 13.6. The molecule has 6 heteroatoms. The highest BCUT2D eigenvalue weighted by Gasteiger charge is 2.14. The van der Waals surface area contributed by atoms with E-state index in [9.17, 15) is 14.9 Å². The lowest BCUT2D eigenvalue weighted by molar-refractivity contribution is -0.385. The summed E-state index contributed by atoms with van der Waals surface area (Å²) in [5.41, 5.74) is 6.77. The fraction of sp³-hybridized carbons (Fsp3) is 0.500. The highest BCUT2D eigenvalue weighted by molar-refractivity contribution is 5.91. The van der Waals surface area contributed by atoms with Gasteiger partial charge in [0, 0.05) is 29.8 Å². The summed E-state index contributed by atoms with van der Waals surface area (Å²) in [6.07, 6.45) is 2.44. The van der Waals surface area contributed by atoms with Crippen molar-refractivity contribution >= 4 is 17.3 Å². The van der Waals surface area contributed by atoms with Crippen molar-refractivity contribution in [2.24, 2.45) is 5.73 Å². The first-order chi connectivity index (χ1) is 9.43. The van der Waals surface area contributed by atoms with Gasteiger partial charge in [-0.15, -0.1) is 0 Å². The molecule has 0 radical (unpaired) electrons. The third-order valence-electron chi connectivity index (χ3n) is 3.01. The number of nitrogens with one attached hydrogen (secondary N) is 1. The molecule has 0 spiro atoms. The van der Waals surface area contributed by atoms with Gasteiger partial charge in [-0.05, 0) is 32.3 Å². The molecule has 6 nitrogen and oxygen atoms in total. The van der Waals surface area contributed by atoms with E-state index in [-0.39, 0.29) is 17.6 Å². The van der Waals surface area contributed by atoms with Gasteiger partial charge < -0.3 is 11.1 Å². The predicted molar refractivity (Wildman–Crippen MR) is 78.6 cm³/mol. The Morgan fingerprint density at radius 1 is 1.50 bits per heavy atom. The highest BCUT2D eigenvalue weighted by atomic mass is 16.6. The van der Waals surface area contributed by atoms with Crippen molar-refractivity contribution in [2.75, 3.05) is 5.32 Å². The maximum atomic E-state index is 11.7. The molecule has 1 atom stereocenters. The van der Waals surface area contributed by atoms with Crippen molar-refractivity contribution in [2.45, 2.75) is 45.6 Å². The lowest BCUT2D eigenvalue weighted by atomic mass is 10.1. The Morgan fingerprint density at radius 3 is 2.75 bits per heavy atom. The molecule has 0 bridgehead atoms. The molecular formula is C14H21N3O3. The van der Waals surface area contributed by atoms with Crippen LogP contribution >= 0.6 is 0 Å². The quantitative estimate of drug-likeness (QED) is 0.592. The van der Waals surface area contributed by atoms with Gasteiger partial charge in [0.05, 0.1) is 4.92 Å². The van der Waals surface area contributed by atoms with Gasteiger partial charge in [0.1, 0.15) is 0 Å². The number of benzene rings is 1. The molecule has 20 heavy (non-hydrogen) atoms. The van der Waals surface area contributed by atoms with Crippen LogP contribution in [-0.2, 0) is 11.2 Å². The molecule has 1 unspecified atom stereocenters. The number of amides is 1. The second-order valence-electron chi connectivity index (χ2n) is 4.87. The number of nitro groups is 1. The second-order valence-corrected chi connectivity index (χ2v) is 4.87. The Morgan fingerprint density at radius 2 is 2.20 bits per heavy atom. The number of rotatable bonds is 7. The summed E-state index contributed by atoms with van der Waals surface area (Å²) < 4.78 is 0. The van der Waals surface area contributed by atoms with Crippen LogP contribution in [0.5, 0.6) is 0 Å². The standard InChI is InChI=1S/C14H21N3O3/c1-3-11-7-8-12(9-13(11)17(19)20)16-14(18)6-4-5-10(2)15/h7-10H,3-6,15H2,1-2H3,(H,16,18). The second kappa shape index (κ2) is 7.59. The van der Waals surface area contributed by atoms with Gasteiger partial charge in [-0.2, -0.15) is 0 Å². The van der Waals surface area contributed by atoms with Gasteiger partial charge in [0.25, 0.3) is 5.69 Å². The van der Waals surface area contributed by atoms with Crippen LogP contribution in [0.4, 0.5) is 11.4 Å². The number of nitrogens with two attached hydrogens (primary N) is 1. The van der Waals surface area contributed by atoms with Crippen molar-refractivity contribution < 1.29 is 9.72 Å². The zero-order valence-corrected chi connectivity index (χ0v) is 11.9. The topological polar surface area (TPSA) is 98.3 Å². The molecule has 0 aliphatic rings. The molecule has 1 amide bonds. The molecule has 3 N–H and O–H groups in total. The molecule has 1 aromatic carbocycles. The minimum atomic E-state index is -0.426. The van der Waals surface area contributed by atoms with Crippen molar-refractivity contribution in [3.63, 3.8) is 0 Å². The molecular weight excluding hydrogens is 258 g/mol. The van der Waals surface area contributed by atoms with Gasteiger partial charge in [-0.25, -0.2) is 0 Å². The van der Waals surface area contributed by atoms with E-state index >= 15 is 0 Å². The summed E-state index contributed by atoms with van der Waals surface area (Å²) in [7, 11) is 0. The number of aryl methyl sites for hydroxylation is 1. The van der Waals surface area contributed by atoms with Gasteiger partial charge in [0.2, 0.25) is 5.91 Å². The number of nitro benzene ring substituents is 1. The maximum absolute atomic E-state index is 11.7. The first kappa shape index (κ1) is 16.1. The van der Waals surface area contributed by atoms with E-state index in [4.69, 9.17) is 5.73 Å². The Kier molecular flexibility index (Phi) is 6.11. The number of hydrogen-bond donors (Lipinski definition) is 2. The average Bonchev–Trinajstić information content (AvgIpc) is 2.38. The first-order valence-electron chi connectivity index (χ1n) is 6.76. The molecule has 0 heterocycles. The van der Waals surface area contributed by atoms with E-state index < -0.39 is 4.92 Å². The Bertz CT molecular complexity index is 487. The van der Waals surface area contributed by atoms with Crippen molar-refractivity contribution in [3.05, 3.63) is 33.9 Å². The van der Waals surface area contributed by atoms with E-state index in [0.29, 0.717) is 30.5 Å². The number of nitrogens with zero attached hydrogens (tertiary/aromatic N) is 1. The summed E-state index contributed by atoms with van der Waals surface area (Å²) in [5.74, 6) is -0.149. The van der Waals surface area contributed by atoms with Gasteiger partial charge >= 0.3 is 0 Å². The lowest BCUT2D eigenvalue weighted by Crippen LogP contribution is -2.16. The fourth-order valence-electron chi connectivity index (χ4n) is 1.92. The predicted octanol–water partition coefficient (Wildman–Crippen LogP) is 2.61. The molecule has 0 aliphatic carbocycles. The summed E-state index contributed by atoms with van der Waals surface area (Å²) in [6, 6.07) is 4.85. The summed E-state index contributed by atoms with van der Waals surface area (Å²) >= 11 is 0. The fourth-order valence-corrected chi connectivity index (χ4v) is 1.92. The van der Waals surface area contributed by atoms with Gasteiger partial charge in [-0.3, -0.25) is 14.9 Å². The smallest absolute Gasteiger partial charge is 0.274 e. The molecule has 1 aromatic rings. The van der Waals surface area contributed by atoms with Gasteiger partial charge in [-0.1, -0.05) is 13.0 Å². The largest absolute Gasteiger partial charge is 0.328 e. The monoisotopic (exact) mass is 279 g/mol. The molecule has 0 saturated heterocycles. The Hall–Kier alpha value is -1.95. The van der Waals surface area contributed by atoms with Crippen molar-refractivity contribution in [1.29, 1.82) is 0 Å². The highest BCUT2D eigenvalue weighted by Crippen LogP contribution is 2.23. The van der Waals surface area contributed by atoms with Crippen molar-refractivity contribution in [1.82, 2.24) is 0 Å². The summed E-state index contributed by atoms with van der Waals surface area (Å²) in [4.78, 5) is 22.2. The van der Waals surface area contributed by atoms with Crippen LogP contribution in [0.25, 0.3) is 0 Å². The van der Waals surface area contributed by atoms with Crippen LogP contribution < -0.4 is 11.1 Å². The normalized spacial score (nSPS) is 11.9. The van der Waals surface area contributed by atoms with Crippen LogP contribution in [0, 0.1) is 10.1 Å². The zero-order valence-electron chi connectivity index (χ0n) is 11.9. The SMILES string of the molecule is CCc1ccc(NC(=O)CCCC(C)N)cc1[N+](=O)[O-]. The Balaban J connectivity index is 2.66. The van der Waals surface area contributed by atoms with E-state index in [1.807, 2.05) is 13.8 Å². The minimum Gasteiger partial charge on any atom is -0.328 e. The van der Waals surface area contributed by atoms with Crippen LogP contribution in [-0.4, -0.2) is 16.9 Å². The Labute approximate surface area is 118 Å². The van der Waals surface area contributed by atoms with E-state index in [0.717, 1.165) is 6.42 Å². The molecule has 0 fully saturated rings. The molecule has 0 aromatic heterocycles. The molecule has 110 valence electrons. The third kappa shape index (κ3) is 4.97. The zero-order chi connectivity index (χ0) is 15.1. The molecule has 1 rings (SSSR count). The number of carbonyl (C=O) groups is 1. The average molecular weight is 279 g/mol. The first-order valence-corrected chi connectivity index (χ1v) is 6.76. The minimum absolute atomic E-state index is 0.0425. The van der Waals surface area contributed by atoms with E-state index in [1.165, 1.54) is 6.07 Å². The van der Waals surface area contributed by atoms with Crippen LogP contribution in [0.3, 0.4) is 0 Å². The van der Waals surface area contributed by atoms with Crippen LogP contribution in [0.1, 0.15) is 38.7 Å². The summed E-state index contributed by atoms with van der Waals surface area (Å²) in [6.45, 7) is 3.75. The molecule has 0 aliphatic heterocycles. The van der Waals surface area contributed by atoms with Crippen LogP contribution in [0.2, 0.25) is 0 Å². The number of carbonyl (C=O) groups excluding carboxylic acids is 1. The van der Waals surface area contributed by atoms with Crippen LogP contribution in [0.15, 0.2) is 18.2 Å². The number of anilines is 1.